The van der Waals surface area contributed by atoms with Gasteiger partial charge < -0.3 is 5.32 Å². The fourth-order valence-electron chi connectivity index (χ4n) is 2.24. The van der Waals surface area contributed by atoms with Crippen molar-refractivity contribution in [2.45, 2.75) is 6.54 Å². The number of para-hydroxylation sites is 1. The number of amides is 1. The predicted molar refractivity (Wildman–Crippen MR) is 88.8 cm³/mol. The first-order valence-electron chi connectivity index (χ1n) is 7.51. The Hall–Kier alpha value is -3.89. The average molecular weight is 355 g/mol. The molecule has 2 heterocycles. The first kappa shape index (κ1) is 17.0. The van der Waals surface area contributed by atoms with Crippen molar-refractivity contribution in [1.29, 1.82) is 0 Å². The number of rotatable bonds is 6. The summed E-state index contributed by atoms with van der Waals surface area (Å²) in [4.78, 5) is 38.2. The van der Waals surface area contributed by atoms with Crippen LogP contribution in [0.5, 0.6) is 0 Å². The molecule has 0 saturated carbocycles. The molecule has 1 amide bonds. The maximum Gasteiger partial charge on any atom is 0.282 e. The first-order chi connectivity index (χ1) is 12.6. The number of aromatic nitrogens is 5. The van der Waals surface area contributed by atoms with Crippen molar-refractivity contribution in [3.63, 3.8) is 0 Å². The molecule has 0 unspecified atom stereocenters. The first-order valence-corrected chi connectivity index (χ1v) is 7.51. The van der Waals surface area contributed by atoms with Gasteiger partial charge in [-0.1, -0.05) is 12.1 Å². The molecule has 0 radical (unpaired) electrons. The average Bonchev–Trinajstić information content (AvgIpc) is 3.17. The van der Waals surface area contributed by atoms with Gasteiger partial charge in [-0.25, -0.2) is 14.3 Å². The van der Waals surface area contributed by atoms with Gasteiger partial charge in [0.15, 0.2) is 5.82 Å². The molecular formula is C15H13N7O4. The third-order valence-corrected chi connectivity index (χ3v) is 3.46. The van der Waals surface area contributed by atoms with Crippen molar-refractivity contribution < 1.29 is 9.72 Å². The summed E-state index contributed by atoms with van der Waals surface area (Å²) in [6.07, 6.45) is 2.78. The molecule has 11 nitrogen and oxygen atoms in total. The zero-order valence-electron chi connectivity index (χ0n) is 13.3. The van der Waals surface area contributed by atoms with Crippen LogP contribution in [0.3, 0.4) is 0 Å². The van der Waals surface area contributed by atoms with Crippen LogP contribution in [0.1, 0.15) is 10.4 Å². The zero-order valence-corrected chi connectivity index (χ0v) is 13.3. The van der Waals surface area contributed by atoms with Gasteiger partial charge in [0.05, 0.1) is 11.5 Å². The van der Waals surface area contributed by atoms with Crippen LogP contribution in [0.15, 0.2) is 53.8 Å². The molecular weight excluding hydrogens is 342 g/mol. The smallest absolute Gasteiger partial charge is 0.282 e. The monoisotopic (exact) mass is 355 g/mol. The van der Waals surface area contributed by atoms with E-state index >= 15 is 0 Å². The lowest BCUT2D eigenvalue weighted by atomic mass is 10.1. The second kappa shape index (κ2) is 7.34. The molecule has 0 aliphatic carbocycles. The summed E-state index contributed by atoms with van der Waals surface area (Å²) in [5, 5.41) is 21.6. The van der Waals surface area contributed by atoms with Crippen LogP contribution in [0.4, 0.5) is 5.69 Å². The Morgan fingerprint density at radius 1 is 1.23 bits per heavy atom. The van der Waals surface area contributed by atoms with Crippen LogP contribution >= 0.6 is 0 Å². The number of benzene rings is 1. The van der Waals surface area contributed by atoms with E-state index in [1.54, 1.807) is 0 Å². The van der Waals surface area contributed by atoms with Gasteiger partial charge in [0.25, 0.3) is 17.2 Å². The maximum absolute atomic E-state index is 12.2. The summed E-state index contributed by atoms with van der Waals surface area (Å²) in [7, 11) is 0. The van der Waals surface area contributed by atoms with Crippen LogP contribution < -0.4 is 10.9 Å². The number of nitrogens with zero attached hydrogens (tertiary/aromatic N) is 6. The Morgan fingerprint density at radius 2 is 2.04 bits per heavy atom. The SMILES string of the molecule is O=C(NCCn1nc(-n2cncn2)ccc1=O)c1ccccc1[N+](=O)[O-]. The molecule has 132 valence electrons. The van der Waals surface area contributed by atoms with Crippen molar-refractivity contribution in [2.75, 3.05) is 6.54 Å². The van der Waals surface area contributed by atoms with E-state index in [-0.39, 0.29) is 29.9 Å². The number of carbonyl (C=O) groups excluding carboxylic acids is 1. The van der Waals surface area contributed by atoms with Gasteiger partial charge in [-0.2, -0.15) is 5.10 Å². The summed E-state index contributed by atoms with van der Waals surface area (Å²) in [6, 6.07) is 8.46. The van der Waals surface area contributed by atoms with E-state index in [0.29, 0.717) is 5.82 Å². The molecule has 0 aliphatic rings. The fourth-order valence-corrected chi connectivity index (χ4v) is 2.24. The molecule has 3 rings (SSSR count). The molecule has 0 atom stereocenters. The summed E-state index contributed by atoms with van der Waals surface area (Å²) in [6.45, 7) is 0.159. The van der Waals surface area contributed by atoms with E-state index in [1.807, 2.05) is 0 Å². The zero-order chi connectivity index (χ0) is 18.5. The van der Waals surface area contributed by atoms with E-state index in [1.165, 1.54) is 53.7 Å². The minimum atomic E-state index is -0.622. The topological polar surface area (TPSA) is 138 Å². The quantitative estimate of drug-likeness (QED) is 0.491. The highest BCUT2D eigenvalue weighted by atomic mass is 16.6. The van der Waals surface area contributed by atoms with Crippen molar-refractivity contribution in [3.05, 3.63) is 75.1 Å². The van der Waals surface area contributed by atoms with Crippen molar-refractivity contribution in [3.8, 4) is 5.82 Å². The van der Waals surface area contributed by atoms with Gasteiger partial charge in [-0.3, -0.25) is 19.7 Å². The molecule has 11 heteroatoms. The Labute approximate surface area is 146 Å². The second-order valence-corrected chi connectivity index (χ2v) is 5.12. The Kier molecular flexibility index (Phi) is 4.78. The molecule has 1 aromatic carbocycles. The Balaban J connectivity index is 1.69. The molecule has 0 saturated heterocycles. The van der Waals surface area contributed by atoms with Crippen molar-refractivity contribution in [2.24, 2.45) is 0 Å². The number of nitro groups is 1. The Morgan fingerprint density at radius 3 is 2.77 bits per heavy atom. The van der Waals surface area contributed by atoms with E-state index < -0.39 is 10.8 Å². The molecule has 1 N–H and O–H groups in total. The normalized spacial score (nSPS) is 10.5. The van der Waals surface area contributed by atoms with E-state index in [9.17, 15) is 19.7 Å². The van der Waals surface area contributed by atoms with Crippen molar-refractivity contribution in [1.82, 2.24) is 29.9 Å². The standard InChI is InChI=1S/C15H13N7O4/c23-14-6-5-13(21-10-16-9-18-21)19-20(14)8-7-17-15(24)11-3-1-2-4-12(11)22(25)26/h1-6,9-10H,7-8H2,(H,17,24). The van der Waals surface area contributed by atoms with Gasteiger partial charge >= 0.3 is 0 Å². The highest BCUT2D eigenvalue weighted by molar-refractivity contribution is 5.98. The van der Waals surface area contributed by atoms with E-state index in [0.717, 1.165) is 4.68 Å². The fraction of sp³-hybridized carbons (Fsp3) is 0.133. The number of carbonyl (C=O) groups is 1. The minimum Gasteiger partial charge on any atom is -0.350 e. The lowest BCUT2D eigenvalue weighted by molar-refractivity contribution is -0.385. The number of nitro benzene ring substituents is 1. The van der Waals surface area contributed by atoms with Crippen LogP contribution in [-0.2, 0) is 6.54 Å². The lowest BCUT2D eigenvalue weighted by Crippen LogP contribution is -2.32. The summed E-state index contributed by atoms with van der Waals surface area (Å²) in [5.74, 6) is -0.204. The second-order valence-electron chi connectivity index (χ2n) is 5.12. The summed E-state index contributed by atoms with van der Waals surface area (Å²) >= 11 is 0. The number of hydrogen-bond donors (Lipinski definition) is 1. The maximum atomic E-state index is 12.2. The van der Waals surface area contributed by atoms with E-state index in [4.69, 9.17) is 0 Å². The van der Waals surface area contributed by atoms with E-state index in [2.05, 4.69) is 20.5 Å². The van der Waals surface area contributed by atoms with Crippen LogP contribution in [0.25, 0.3) is 5.82 Å². The largest absolute Gasteiger partial charge is 0.350 e. The van der Waals surface area contributed by atoms with Gasteiger partial charge in [0, 0.05) is 18.7 Å². The third kappa shape index (κ3) is 3.61. The van der Waals surface area contributed by atoms with Gasteiger partial charge in [0.2, 0.25) is 0 Å². The van der Waals surface area contributed by atoms with Gasteiger partial charge in [-0.05, 0) is 12.1 Å². The third-order valence-electron chi connectivity index (χ3n) is 3.46. The number of nitrogens with one attached hydrogen (secondary N) is 1. The highest BCUT2D eigenvalue weighted by Crippen LogP contribution is 2.17. The molecule has 26 heavy (non-hydrogen) atoms. The molecule has 0 bridgehead atoms. The summed E-state index contributed by atoms with van der Waals surface area (Å²) in [5.41, 5.74) is -0.684. The van der Waals surface area contributed by atoms with Crippen LogP contribution in [0, 0.1) is 10.1 Å². The van der Waals surface area contributed by atoms with Crippen LogP contribution in [0.2, 0.25) is 0 Å². The molecule has 0 spiro atoms. The molecule has 0 fully saturated rings. The van der Waals surface area contributed by atoms with Crippen LogP contribution in [-0.4, -0.2) is 41.9 Å². The highest BCUT2D eigenvalue weighted by Gasteiger charge is 2.18. The van der Waals surface area contributed by atoms with Gasteiger partial charge in [0.1, 0.15) is 18.2 Å². The van der Waals surface area contributed by atoms with Crippen molar-refractivity contribution >= 4 is 11.6 Å². The minimum absolute atomic E-state index is 0.0471. The predicted octanol–water partition coefficient (Wildman–Crippen LogP) is 0.162. The number of hydrogen-bond acceptors (Lipinski definition) is 7. The molecule has 3 aromatic rings. The lowest BCUT2D eigenvalue weighted by Gasteiger charge is -2.08. The van der Waals surface area contributed by atoms with Gasteiger partial charge in [-0.15, -0.1) is 5.10 Å². The summed E-state index contributed by atoms with van der Waals surface area (Å²) < 4.78 is 2.55. The Bertz CT molecular complexity index is 997. The molecule has 2 aromatic heterocycles. The molecule has 0 aliphatic heterocycles.